The fourth-order valence-corrected chi connectivity index (χ4v) is 5.46. The van der Waals surface area contributed by atoms with E-state index in [2.05, 4.69) is 10.9 Å². The summed E-state index contributed by atoms with van der Waals surface area (Å²) in [6, 6.07) is 30.8. The molecule has 1 aliphatic heterocycles. The van der Waals surface area contributed by atoms with Gasteiger partial charge in [0.15, 0.2) is 11.6 Å². The van der Waals surface area contributed by atoms with Gasteiger partial charge in [-0.15, -0.1) is 0 Å². The summed E-state index contributed by atoms with van der Waals surface area (Å²) in [5, 5.41) is 11.2. The van der Waals surface area contributed by atoms with Crippen LogP contribution in [-0.4, -0.2) is 47.2 Å². The van der Waals surface area contributed by atoms with Gasteiger partial charge in [0, 0.05) is 31.6 Å². The number of amides is 1. The van der Waals surface area contributed by atoms with Crippen molar-refractivity contribution >= 4 is 28.5 Å². The van der Waals surface area contributed by atoms with Gasteiger partial charge in [-0.25, -0.2) is 10.4 Å². The van der Waals surface area contributed by atoms with Gasteiger partial charge in [0.05, 0.1) is 6.61 Å². The zero-order valence-corrected chi connectivity index (χ0v) is 26.5. The lowest BCUT2D eigenvalue weighted by atomic mass is 9.83. The lowest BCUT2D eigenvalue weighted by Gasteiger charge is -2.31. The number of rotatable bonds is 13. The molecule has 0 saturated carbocycles. The molecule has 0 radical (unpaired) electrons. The van der Waals surface area contributed by atoms with Crippen LogP contribution >= 0.6 is 0 Å². The highest BCUT2D eigenvalue weighted by Gasteiger charge is 2.53. The van der Waals surface area contributed by atoms with E-state index in [1.807, 2.05) is 106 Å². The van der Waals surface area contributed by atoms with E-state index in [4.69, 9.17) is 24.3 Å². The zero-order chi connectivity index (χ0) is 32.6. The van der Waals surface area contributed by atoms with Crippen LogP contribution in [0.4, 0.5) is 0 Å². The van der Waals surface area contributed by atoms with Crippen LogP contribution in [0.3, 0.4) is 0 Å². The first-order valence-corrected chi connectivity index (χ1v) is 15.6. The SMILES string of the molecule is CC(C)(C)OC(=O)CC[C@]1(C(=O)NNCc2cccc3ccccc23)N=C(c2ccc(OCCCO)cc2)O[C@H]1c1ccccc1. The first kappa shape index (κ1) is 32.7. The molecule has 0 bridgehead atoms. The molecule has 3 N–H and O–H groups in total. The van der Waals surface area contributed by atoms with E-state index in [0.29, 0.717) is 30.9 Å². The molecule has 0 aromatic heterocycles. The molecule has 4 aromatic carbocycles. The third-order valence-electron chi connectivity index (χ3n) is 7.62. The van der Waals surface area contributed by atoms with Crippen molar-refractivity contribution in [3.05, 3.63) is 114 Å². The van der Waals surface area contributed by atoms with Gasteiger partial charge < -0.3 is 19.3 Å². The molecule has 0 unspecified atom stereocenters. The Bertz CT molecular complexity index is 1660. The molecule has 46 heavy (non-hydrogen) atoms. The van der Waals surface area contributed by atoms with Gasteiger partial charge in [0.25, 0.3) is 5.91 Å². The molecule has 1 amide bonds. The number of benzene rings is 4. The number of carbonyl (C=O) groups excluding carboxylic acids is 2. The van der Waals surface area contributed by atoms with E-state index in [0.717, 1.165) is 21.9 Å². The summed E-state index contributed by atoms with van der Waals surface area (Å²) in [5.74, 6) is 0.0680. The molecule has 0 saturated heterocycles. The van der Waals surface area contributed by atoms with Crippen LogP contribution in [0.25, 0.3) is 10.8 Å². The number of nitrogens with one attached hydrogen (secondary N) is 2. The second-order valence-electron chi connectivity index (χ2n) is 12.2. The average Bonchev–Trinajstić information content (AvgIpc) is 3.45. The van der Waals surface area contributed by atoms with Crippen molar-refractivity contribution in [1.82, 2.24) is 10.9 Å². The third-order valence-corrected chi connectivity index (χ3v) is 7.62. The summed E-state index contributed by atoms with van der Waals surface area (Å²) in [6.07, 6.45) is -0.282. The van der Waals surface area contributed by atoms with E-state index in [-0.39, 0.29) is 25.3 Å². The van der Waals surface area contributed by atoms with Crippen molar-refractivity contribution in [2.45, 2.75) is 63.8 Å². The fraction of sp³-hybridized carbons (Fsp3) is 0.324. The second kappa shape index (κ2) is 14.6. The van der Waals surface area contributed by atoms with Crippen LogP contribution in [0.1, 0.15) is 62.8 Å². The van der Waals surface area contributed by atoms with Gasteiger partial charge in [0.2, 0.25) is 5.90 Å². The van der Waals surface area contributed by atoms with Crippen molar-refractivity contribution < 1.29 is 28.9 Å². The molecule has 1 aliphatic rings. The lowest BCUT2D eigenvalue weighted by molar-refractivity contribution is -0.155. The summed E-state index contributed by atoms with van der Waals surface area (Å²) in [5.41, 5.74) is 6.26. The van der Waals surface area contributed by atoms with Crippen LogP contribution in [0, 0.1) is 0 Å². The largest absolute Gasteiger partial charge is 0.494 e. The third kappa shape index (κ3) is 7.91. The summed E-state index contributed by atoms with van der Waals surface area (Å²) >= 11 is 0. The Kier molecular flexibility index (Phi) is 10.3. The quantitative estimate of drug-likeness (QED) is 0.0979. The average molecular weight is 624 g/mol. The van der Waals surface area contributed by atoms with Crippen LogP contribution < -0.4 is 15.6 Å². The fourth-order valence-electron chi connectivity index (χ4n) is 5.46. The molecular formula is C37H41N3O6. The van der Waals surface area contributed by atoms with Gasteiger partial charge in [-0.05, 0) is 73.4 Å². The van der Waals surface area contributed by atoms with Gasteiger partial charge in [-0.1, -0.05) is 72.8 Å². The number of aliphatic hydroxyl groups excluding tert-OH is 1. The number of hydrazine groups is 1. The predicted octanol–water partition coefficient (Wildman–Crippen LogP) is 5.80. The minimum absolute atomic E-state index is 0.0465. The van der Waals surface area contributed by atoms with Crippen molar-refractivity contribution in [3.8, 4) is 5.75 Å². The number of ether oxygens (including phenoxy) is 3. The van der Waals surface area contributed by atoms with Crippen LogP contribution in [0.15, 0.2) is 102 Å². The minimum atomic E-state index is -1.49. The van der Waals surface area contributed by atoms with E-state index in [1.54, 1.807) is 12.1 Å². The highest BCUT2D eigenvalue weighted by molar-refractivity contribution is 6.01. The molecule has 0 aliphatic carbocycles. The van der Waals surface area contributed by atoms with E-state index < -0.39 is 29.1 Å². The predicted molar refractivity (Wildman–Crippen MR) is 177 cm³/mol. The number of hydrogen-bond acceptors (Lipinski definition) is 8. The van der Waals surface area contributed by atoms with Crippen LogP contribution in [0.2, 0.25) is 0 Å². The van der Waals surface area contributed by atoms with Crippen LogP contribution in [0.5, 0.6) is 5.75 Å². The first-order chi connectivity index (χ1) is 22.2. The van der Waals surface area contributed by atoms with Gasteiger partial charge in [-0.2, -0.15) is 0 Å². The van der Waals surface area contributed by atoms with E-state index in [9.17, 15) is 9.59 Å². The Labute approximate surface area is 269 Å². The molecule has 9 nitrogen and oxygen atoms in total. The maximum Gasteiger partial charge on any atom is 0.306 e. The number of aliphatic hydroxyl groups is 1. The van der Waals surface area contributed by atoms with E-state index in [1.165, 1.54) is 0 Å². The number of hydrogen-bond donors (Lipinski definition) is 3. The highest BCUT2D eigenvalue weighted by Crippen LogP contribution is 2.43. The van der Waals surface area contributed by atoms with Gasteiger partial charge in [0.1, 0.15) is 11.4 Å². The normalized spacial score (nSPS) is 17.7. The van der Waals surface area contributed by atoms with Crippen molar-refractivity contribution in [1.29, 1.82) is 0 Å². The Morgan fingerprint density at radius 1 is 0.935 bits per heavy atom. The van der Waals surface area contributed by atoms with Gasteiger partial charge in [-0.3, -0.25) is 15.0 Å². The molecule has 0 fully saturated rings. The summed E-state index contributed by atoms with van der Waals surface area (Å²) in [6.45, 7) is 6.24. The molecule has 2 atom stereocenters. The molecule has 9 heteroatoms. The number of fused-ring (bicyclic) bond motifs is 1. The van der Waals surface area contributed by atoms with Crippen molar-refractivity contribution in [2.24, 2.45) is 4.99 Å². The molecule has 5 rings (SSSR count). The number of esters is 1. The monoisotopic (exact) mass is 623 g/mol. The number of carbonyl (C=O) groups is 2. The molecule has 4 aromatic rings. The smallest absolute Gasteiger partial charge is 0.306 e. The molecule has 240 valence electrons. The standard InChI is InChI=1S/C37H41N3O6/c1-36(2,3)46-32(42)21-22-37(35(43)40-38-25-29-15-9-14-26-11-7-8-16-31(26)29)33(27-12-5-4-6-13-27)45-34(39-37)28-17-19-30(20-18-28)44-24-10-23-41/h4-9,11-20,33,38,41H,10,21-25H2,1-3H3,(H,40,43)/t33-,37-/m0/s1. The maximum atomic E-state index is 14.3. The zero-order valence-electron chi connectivity index (χ0n) is 26.5. The topological polar surface area (TPSA) is 118 Å². The Morgan fingerprint density at radius 3 is 2.39 bits per heavy atom. The van der Waals surface area contributed by atoms with Gasteiger partial charge >= 0.3 is 5.97 Å². The summed E-state index contributed by atoms with van der Waals surface area (Å²) in [4.78, 5) is 32.2. The Morgan fingerprint density at radius 2 is 1.65 bits per heavy atom. The summed E-state index contributed by atoms with van der Waals surface area (Å²) in [7, 11) is 0. The maximum absolute atomic E-state index is 14.3. The Hall–Kier alpha value is -4.73. The second-order valence-corrected chi connectivity index (χ2v) is 12.2. The van der Waals surface area contributed by atoms with Crippen molar-refractivity contribution in [3.63, 3.8) is 0 Å². The lowest BCUT2D eigenvalue weighted by Crippen LogP contribution is -2.52. The Balaban J connectivity index is 1.46. The van der Waals surface area contributed by atoms with E-state index >= 15 is 0 Å². The molecule has 0 spiro atoms. The minimum Gasteiger partial charge on any atom is -0.494 e. The summed E-state index contributed by atoms with van der Waals surface area (Å²) < 4.78 is 17.8. The van der Waals surface area contributed by atoms with Crippen molar-refractivity contribution in [2.75, 3.05) is 13.2 Å². The highest BCUT2D eigenvalue weighted by atomic mass is 16.6. The molecule has 1 heterocycles. The molecular weight excluding hydrogens is 582 g/mol. The van der Waals surface area contributed by atoms with Crippen LogP contribution in [-0.2, 0) is 25.6 Å². The number of nitrogens with zero attached hydrogens (tertiary/aromatic N) is 1. The number of aliphatic imine (C=N–C) groups is 1. The first-order valence-electron chi connectivity index (χ1n) is 15.6.